The summed E-state index contributed by atoms with van der Waals surface area (Å²) in [6, 6.07) is 12.4. The number of halogens is 1. The van der Waals surface area contributed by atoms with Gasteiger partial charge in [0.05, 0.1) is 35.7 Å². The van der Waals surface area contributed by atoms with Crippen LogP contribution in [0.3, 0.4) is 0 Å². The van der Waals surface area contributed by atoms with Gasteiger partial charge >= 0.3 is 6.09 Å². The number of piperidine rings is 1. The third kappa shape index (κ3) is 4.95. The fraction of sp³-hybridized carbons (Fsp3) is 0.333. The Balaban J connectivity index is 1.43. The van der Waals surface area contributed by atoms with E-state index in [9.17, 15) is 14.9 Å². The van der Waals surface area contributed by atoms with Crippen LogP contribution in [0.1, 0.15) is 25.5 Å². The van der Waals surface area contributed by atoms with Crippen molar-refractivity contribution in [2.24, 2.45) is 0 Å². The van der Waals surface area contributed by atoms with E-state index in [0.29, 0.717) is 48.6 Å². The second kappa shape index (κ2) is 9.69. The number of hydrogen-bond acceptors (Lipinski definition) is 6. The van der Waals surface area contributed by atoms with Gasteiger partial charge in [-0.1, -0.05) is 6.07 Å². The number of hydrogen-bond donors (Lipinski definition) is 1. The lowest BCUT2D eigenvalue weighted by molar-refractivity contribution is -0.119. The van der Waals surface area contributed by atoms with E-state index in [0.717, 1.165) is 5.57 Å². The van der Waals surface area contributed by atoms with E-state index >= 15 is 4.39 Å². The Bertz CT molecular complexity index is 1120. The minimum Gasteiger partial charge on any atom is -0.442 e. The second-order valence-corrected chi connectivity index (χ2v) is 7.98. The van der Waals surface area contributed by atoms with E-state index in [1.54, 1.807) is 18.3 Å². The zero-order valence-corrected chi connectivity index (χ0v) is 18.3. The number of aromatic nitrogens is 1. The number of allylic oxidation sites excluding steroid dienone is 1. The van der Waals surface area contributed by atoms with Crippen LogP contribution in [-0.2, 0) is 9.53 Å². The van der Waals surface area contributed by atoms with E-state index in [2.05, 4.69) is 16.4 Å². The molecule has 170 valence electrons. The largest absolute Gasteiger partial charge is 0.442 e. The molecule has 1 aromatic carbocycles. The molecule has 4 rings (SSSR count). The van der Waals surface area contributed by atoms with Crippen LogP contribution >= 0.6 is 0 Å². The zero-order chi connectivity index (χ0) is 23.4. The van der Waals surface area contributed by atoms with Crippen molar-refractivity contribution >= 4 is 28.9 Å². The molecule has 33 heavy (non-hydrogen) atoms. The quantitative estimate of drug-likeness (QED) is 0.704. The fourth-order valence-corrected chi connectivity index (χ4v) is 4.11. The maximum Gasteiger partial charge on any atom is 0.414 e. The second-order valence-electron chi connectivity index (χ2n) is 7.98. The highest BCUT2D eigenvalue weighted by molar-refractivity contribution is 5.90. The summed E-state index contributed by atoms with van der Waals surface area (Å²) >= 11 is 0. The SMILES string of the molecule is CC(=O)NCC1CN(c2ccc(N3CCC(=C(C#N)c4ccccn4)CC3)c(F)c2)C(=O)O1. The topological polar surface area (TPSA) is 98.6 Å². The molecule has 0 saturated carbocycles. The molecule has 3 heterocycles. The first-order valence-electron chi connectivity index (χ1n) is 10.8. The van der Waals surface area contributed by atoms with Crippen molar-refractivity contribution in [3.63, 3.8) is 0 Å². The number of cyclic esters (lactones) is 1. The van der Waals surface area contributed by atoms with Gasteiger partial charge in [0.2, 0.25) is 5.91 Å². The van der Waals surface area contributed by atoms with Gasteiger partial charge in [-0.3, -0.25) is 14.7 Å². The average Bonchev–Trinajstić information content (AvgIpc) is 3.20. The van der Waals surface area contributed by atoms with Crippen LogP contribution in [0, 0.1) is 17.1 Å². The van der Waals surface area contributed by atoms with Gasteiger partial charge in [-0.2, -0.15) is 5.26 Å². The summed E-state index contributed by atoms with van der Waals surface area (Å²) in [6.07, 6.45) is 1.90. The number of pyridine rings is 1. The highest BCUT2D eigenvalue weighted by Crippen LogP contribution is 2.32. The minimum absolute atomic E-state index is 0.207. The summed E-state index contributed by atoms with van der Waals surface area (Å²) in [5.41, 5.74) is 3.14. The molecule has 2 aliphatic heterocycles. The van der Waals surface area contributed by atoms with Gasteiger partial charge in [0.1, 0.15) is 18.0 Å². The number of rotatable bonds is 5. The molecule has 2 aliphatic rings. The maximum absolute atomic E-state index is 15.0. The van der Waals surface area contributed by atoms with Crippen molar-refractivity contribution < 1.29 is 18.7 Å². The Morgan fingerprint density at radius 3 is 2.73 bits per heavy atom. The highest BCUT2D eigenvalue weighted by atomic mass is 19.1. The molecule has 1 N–H and O–H groups in total. The molecular formula is C24H24FN5O3. The summed E-state index contributed by atoms with van der Waals surface area (Å²) in [4.78, 5) is 30.9. The number of benzene rings is 1. The molecule has 1 unspecified atom stereocenters. The third-order valence-electron chi connectivity index (χ3n) is 5.79. The van der Waals surface area contributed by atoms with Crippen LogP contribution in [0.5, 0.6) is 0 Å². The van der Waals surface area contributed by atoms with Gasteiger partial charge in [-0.15, -0.1) is 0 Å². The van der Waals surface area contributed by atoms with E-state index in [1.807, 2.05) is 23.1 Å². The zero-order valence-electron chi connectivity index (χ0n) is 18.3. The van der Waals surface area contributed by atoms with Crippen molar-refractivity contribution in [2.75, 3.05) is 36.0 Å². The number of anilines is 2. The molecule has 2 fully saturated rings. The summed E-state index contributed by atoms with van der Waals surface area (Å²) < 4.78 is 20.3. The van der Waals surface area contributed by atoms with Gasteiger partial charge in [0.25, 0.3) is 0 Å². The molecule has 1 aromatic heterocycles. The Hall–Kier alpha value is -3.93. The maximum atomic E-state index is 15.0. The first-order valence-corrected chi connectivity index (χ1v) is 10.8. The van der Waals surface area contributed by atoms with Crippen molar-refractivity contribution in [1.29, 1.82) is 5.26 Å². The predicted octanol–water partition coefficient (Wildman–Crippen LogP) is 3.26. The molecule has 2 amide bonds. The molecule has 0 bridgehead atoms. The van der Waals surface area contributed by atoms with Crippen LogP contribution in [0.4, 0.5) is 20.6 Å². The van der Waals surface area contributed by atoms with E-state index in [-0.39, 0.29) is 19.0 Å². The number of amides is 2. The Morgan fingerprint density at radius 2 is 2.09 bits per heavy atom. The van der Waals surface area contributed by atoms with Crippen LogP contribution < -0.4 is 15.1 Å². The monoisotopic (exact) mass is 449 g/mol. The number of carbonyl (C=O) groups is 2. The average molecular weight is 449 g/mol. The molecule has 0 aliphatic carbocycles. The van der Waals surface area contributed by atoms with Crippen LogP contribution in [-0.4, -0.2) is 49.3 Å². The Labute approximate surface area is 191 Å². The van der Waals surface area contributed by atoms with E-state index in [1.165, 1.54) is 17.9 Å². The first-order chi connectivity index (χ1) is 16.0. The normalized spacial score (nSPS) is 18.0. The number of nitrogens with one attached hydrogen (secondary N) is 1. The van der Waals surface area contributed by atoms with E-state index < -0.39 is 18.0 Å². The van der Waals surface area contributed by atoms with Crippen LogP contribution in [0.15, 0.2) is 48.2 Å². The predicted molar refractivity (Wildman–Crippen MR) is 121 cm³/mol. The van der Waals surface area contributed by atoms with E-state index in [4.69, 9.17) is 4.74 Å². The molecule has 8 nitrogen and oxygen atoms in total. The summed E-state index contributed by atoms with van der Waals surface area (Å²) in [7, 11) is 0. The molecule has 9 heteroatoms. The van der Waals surface area contributed by atoms with Crippen molar-refractivity contribution in [3.8, 4) is 6.07 Å². The van der Waals surface area contributed by atoms with Gasteiger partial charge in [-0.25, -0.2) is 9.18 Å². The van der Waals surface area contributed by atoms with Gasteiger partial charge in [-0.05, 0) is 48.7 Å². The van der Waals surface area contributed by atoms with Crippen molar-refractivity contribution in [3.05, 3.63) is 59.7 Å². The van der Waals surface area contributed by atoms with Gasteiger partial charge in [0, 0.05) is 26.2 Å². The smallest absolute Gasteiger partial charge is 0.414 e. The van der Waals surface area contributed by atoms with Crippen molar-refractivity contribution in [1.82, 2.24) is 10.3 Å². The molecule has 0 spiro atoms. The Morgan fingerprint density at radius 1 is 1.30 bits per heavy atom. The van der Waals surface area contributed by atoms with Crippen molar-refractivity contribution in [2.45, 2.75) is 25.9 Å². The lowest BCUT2D eigenvalue weighted by Crippen LogP contribution is -2.33. The molecule has 0 radical (unpaired) electrons. The van der Waals surface area contributed by atoms with Gasteiger partial charge in [0.15, 0.2) is 0 Å². The third-order valence-corrected chi connectivity index (χ3v) is 5.79. The standard InChI is InChI=1S/C24H24FN5O3/c1-16(31)28-14-19-15-30(24(32)33-19)18-5-6-23(21(25)12-18)29-10-7-17(8-11-29)20(13-26)22-4-2-3-9-27-22/h2-6,9,12,19H,7-8,10-11,14-15H2,1H3,(H,28,31). The number of ether oxygens (including phenoxy) is 1. The Kier molecular flexibility index (Phi) is 6.54. The fourth-order valence-electron chi connectivity index (χ4n) is 4.11. The first kappa shape index (κ1) is 22.3. The minimum atomic E-state index is -0.566. The molecular weight excluding hydrogens is 425 g/mol. The number of nitrogens with zero attached hydrogens (tertiary/aromatic N) is 4. The van der Waals surface area contributed by atoms with Gasteiger partial charge < -0.3 is 15.0 Å². The molecule has 2 saturated heterocycles. The summed E-state index contributed by atoms with van der Waals surface area (Å²) in [6.45, 7) is 3.00. The van der Waals surface area contributed by atoms with Crippen LogP contribution in [0.25, 0.3) is 5.57 Å². The molecule has 1 atom stereocenters. The molecule has 2 aromatic rings. The number of nitriles is 1. The van der Waals surface area contributed by atoms with Crippen LogP contribution in [0.2, 0.25) is 0 Å². The number of carbonyl (C=O) groups excluding carboxylic acids is 2. The lowest BCUT2D eigenvalue weighted by atomic mass is 9.96. The highest BCUT2D eigenvalue weighted by Gasteiger charge is 2.33. The summed E-state index contributed by atoms with van der Waals surface area (Å²) in [5.74, 6) is -0.635. The lowest BCUT2D eigenvalue weighted by Gasteiger charge is -2.31. The summed E-state index contributed by atoms with van der Waals surface area (Å²) in [5, 5.41) is 12.2.